The molecule has 0 aliphatic carbocycles. The Balaban J connectivity index is 2.85. The van der Waals surface area contributed by atoms with Crippen molar-refractivity contribution in [3.8, 4) is 0 Å². The summed E-state index contributed by atoms with van der Waals surface area (Å²) in [6.45, 7) is 0. The molecule has 0 saturated carbocycles. The van der Waals surface area contributed by atoms with Gasteiger partial charge in [-0.25, -0.2) is 0 Å². The van der Waals surface area contributed by atoms with Crippen LogP contribution in [0.1, 0.15) is 11.8 Å². The summed E-state index contributed by atoms with van der Waals surface area (Å²) < 4.78 is 36.7. The highest BCUT2D eigenvalue weighted by molar-refractivity contribution is 5.04. The summed E-state index contributed by atoms with van der Waals surface area (Å²) in [6.07, 6.45) is -5.79. The molecule has 6 heteroatoms. The van der Waals surface area contributed by atoms with Gasteiger partial charge in [-0.05, 0) is 6.07 Å². The topological polar surface area (TPSA) is 38.0 Å². The molecule has 0 fully saturated rings. The predicted octanol–water partition coefficient (Wildman–Crippen LogP) is 1.02. The Kier molecular flexibility index (Phi) is 2.10. The number of alkyl halides is 3. The van der Waals surface area contributed by atoms with E-state index in [0.29, 0.717) is 0 Å². The predicted molar refractivity (Wildman–Crippen MR) is 34.2 cm³/mol. The van der Waals surface area contributed by atoms with Crippen molar-refractivity contribution < 1.29 is 18.3 Å². The van der Waals surface area contributed by atoms with Gasteiger partial charge in [0.15, 0.2) is 6.10 Å². The van der Waals surface area contributed by atoms with Crippen LogP contribution in [-0.2, 0) is 7.05 Å². The number of nitrogens with zero attached hydrogens (tertiary/aromatic N) is 2. The van der Waals surface area contributed by atoms with E-state index < -0.39 is 12.3 Å². The van der Waals surface area contributed by atoms with Crippen LogP contribution in [0.2, 0.25) is 0 Å². The van der Waals surface area contributed by atoms with E-state index in [1.165, 1.54) is 17.9 Å². The molecule has 0 saturated heterocycles. The van der Waals surface area contributed by atoms with Gasteiger partial charge in [-0.1, -0.05) is 0 Å². The van der Waals surface area contributed by atoms with Crippen LogP contribution in [0.15, 0.2) is 12.3 Å². The number of hydrogen-bond acceptors (Lipinski definition) is 2. The lowest BCUT2D eigenvalue weighted by atomic mass is 10.2. The number of halogens is 3. The van der Waals surface area contributed by atoms with E-state index in [0.717, 1.165) is 6.07 Å². The van der Waals surface area contributed by atoms with E-state index in [-0.39, 0.29) is 5.69 Å². The summed E-state index contributed by atoms with van der Waals surface area (Å²) in [7, 11) is 1.48. The SMILES string of the molecule is Cn1ccc([C@H](O)C(F)(F)F)n1. The monoisotopic (exact) mass is 180 g/mol. The fraction of sp³-hybridized carbons (Fsp3) is 0.500. The molecule has 0 radical (unpaired) electrons. The van der Waals surface area contributed by atoms with Crippen LogP contribution < -0.4 is 0 Å². The second-order valence-electron chi connectivity index (χ2n) is 2.36. The van der Waals surface area contributed by atoms with Gasteiger partial charge in [-0.2, -0.15) is 18.3 Å². The first-order valence-electron chi connectivity index (χ1n) is 3.15. The fourth-order valence-electron chi connectivity index (χ4n) is 0.747. The van der Waals surface area contributed by atoms with Crippen molar-refractivity contribution in [2.24, 2.45) is 7.05 Å². The van der Waals surface area contributed by atoms with Crippen molar-refractivity contribution in [1.29, 1.82) is 0 Å². The van der Waals surface area contributed by atoms with Gasteiger partial charge in [-0.3, -0.25) is 4.68 Å². The first-order valence-corrected chi connectivity index (χ1v) is 3.15. The highest BCUT2D eigenvalue weighted by Crippen LogP contribution is 2.30. The highest BCUT2D eigenvalue weighted by atomic mass is 19.4. The molecule has 1 rings (SSSR count). The molecule has 0 amide bonds. The summed E-state index contributed by atoms with van der Waals surface area (Å²) in [4.78, 5) is 0. The quantitative estimate of drug-likeness (QED) is 0.700. The van der Waals surface area contributed by atoms with Gasteiger partial charge in [0, 0.05) is 13.2 Å². The summed E-state index contributed by atoms with van der Waals surface area (Å²) in [5.74, 6) is 0. The minimum absolute atomic E-state index is 0.384. The Morgan fingerprint density at radius 1 is 1.58 bits per heavy atom. The third-order valence-corrected chi connectivity index (χ3v) is 1.32. The van der Waals surface area contributed by atoms with Gasteiger partial charge < -0.3 is 5.11 Å². The van der Waals surface area contributed by atoms with Crippen LogP contribution in [0.3, 0.4) is 0 Å². The summed E-state index contributed by atoms with van der Waals surface area (Å²) >= 11 is 0. The maximum absolute atomic E-state index is 11.8. The first-order chi connectivity index (χ1) is 5.41. The van der Waals surface area contributed by atoms with E-state index in [1.807, 2.05) is 0 Å². The van der Waals surface area contributed by atoms with Crippen molar-refractivity contribution in [1.82, 2.24) is 9.78 Å². The van der Waals surface area contributed by atoms with Crippen LogP contribution in [0.25, 0.3) is 0 Å². The van der Waals surface area contributed by atoms with Gasteiger partial charge in [0.05, 0.1) is 0 Å². The molecule has 0 unspecified atom stereocenters. The van der Waals surface area contributed by atoms with Crippen LogP contribution in [0, 0.1) is 0 Å². The number of hydrogen-bond donors (Lipinski definition) is 1. The number of rotatable bonds is 1. The molecule has 0 spiro atoms. The molecule has 0 aliphatic rings. The molecule has 1 heterocycles. The summed E-state index contributed by atoms with van der Waals surface area (Å²) in [5.41, 5.74) is -0.384. The smallest absolute Gasteiger partial charge is 0.378 e. The minimum atomic E-state index is -4.64. The van der Waals surface area contributed by atoms with Crippen molar-refractivity contribution in [3.05, 3.63) is 18.0 Å². The minimum Gasteiger partial charge on any atom is -0.378 e. The average Bonchev–Trinajstić information content (AvgIpc) is 2.32. The van der Waals surface area contributed by atoms with Crippen molar-refractivity contribution >= 4 is 0 Å². The summed E-state index contributed by atoms with van der Waals surface area (Å²) in [6, 6.07) is 1.12. The Morgan fingerprint density at radius 3 is 2.50 bits per heavy atom. The maximum atomic E-state index is 11.8. The molecule has 0 aliphatic heterocycles. The second-order valence-corrected chi connectivity index (χ2v) is 2.36. The van der Waals surface area contributed by atoms with Crippen LogP contribution >= 0.6 is 0 Å². The van der Waals surface area contributed by atoms with Gasteiger partial charge in [0.2, 0.25) is 0 Å². The van der Waals surface area contributed by atoms with E-state index in [2.05, 4.69) is 5.10 Å². The largest absolute Gasteiger partial charge is 0.420 e. The zero-order valence-corrected chi connectivity index (χ0v) is 6.21. The molecule has 1 aromatic heterocycles. The van der Waals surface area contributed by atoms with E-state index in [1.54, 1.807) is 0 Å². The van der Waals surface area contributed by atoms with Gasteiger partial charge in [0.1, 0.15) is 5.69 Å². The number of aliphatic hydroxyl groups excluding tert-OH is 1. The Bertz CT molecular complexity index is 268. The normalized spacial score (nSPS) is 14.8. The van der Waals surface area contributed by atoms with Gasteiger partial charge >= 0.3 is 6.18 Å². The average molecular weight is 180 g/mol. The van der Waals surface area contributed by atoms with Gasteiger partial charge in [-0.15, -0.1) is 0 Å². The lowest BCUT2D eigenvalue weighted by Gasteiger charge is -2.11. The van der Waals surface area contributed by atoms with Crippen molar-refractivity contribution in [2.45, 2.75) is 12.3 Å². The molecular formula is C6H7F3N2O. The van der Waals surface area contributed by atoms with Crippen LogP contribution in [0.4, 0.5) is 13.2 Å². The van der Waals surface area contributed by atoms with Crippen molar-refractivity contribution in [3.63, 3.8) is 0 Å². The molecule has 1 atom stereocenters. The molecule has 12 heavy (non-hydrogen) atoms. The number of aromatic nitrogens is 2. The molecule has 3 nitrogen and oxygen atoms in total. The van der Waals surface area contributed by atoms with Crippen LogP contribution in [0.5, 0.6) is 0 Å². The lowest BCUT2D eigenvalue weighted by Crippen LogP contribution is -2.20. The van der Waals surface area contributed by atoms with Gasteiger partial charge in [0.25, 0.3) is 0 Å². The first kappa shape index (κ1) is 9.05. The second kappa shape index (κ2) is 2.78. The third-order valence-electron chi connectivity index (χ3n) is 1.32. The molecule has 1 aromatic rings. The Labute approximate surface area is 66.4 Å². The third kappa shape index (κ3) is 1.76. The molecular weight excluding hydrogens is 173 g/mol. The molecule has 0 bridgehead atoms. The molecule has 0 aromatic carbocycles. The van der Waals surface area contributed by atoms with E-state index >= 15 is 0 Å². The summed E-state index contributed by atoms with van der Waals surface area (Å²) in [5, 5.41) is 12.1. The lowest BCUT2D eigenvalue weighted by molar-refractivity contribution is -0.208. The zero-order chi connectivity index (χ0) is 9.35. The molecule has 1 N–H and O–H groups in total. The van der Waals surface area contributed by atoms with Crippen molar-refractivity contribution in [2.75, 3.05) is 0 Å². The highest BCUT2D eigenvalue weighted by Gasteiger charge is 2.40. The van der Waals surface area contributed by atoms with Crippen LogP contribution in [-0.4, -0.2) is 21.1 Å². The zero-order valence-electron chi connectivity index (χ0n) is 6.21. The number of aliphatic hydroxyl groups is 1. The van der Waals surface area contributed by atoms with E-state index in [9.17, 15) is 13.2 Å². The maximum Gasteiger partial charge on any atom is 0.420 e. The Hall–Kier alpha value is -1.04. The fourth-order valence-corrected chi connectivity index (χ4v) is 0.747. The molecule has 68 valence electrons. The van der Waals surface area contributed by atoms with E-state index in [4.69, 9.17) is 5.11 Å². The standard InChI is InChI=1S/C6H7F3N2O/c1-11-3-2-4(10-11)5(12)6(7,8)9/h2-3,5,12H,1H3/t5-/m0/s1. The number of aryl methyl sites for hydroxylation is 1. The Morgan fingerprint density at radius 2 is 2.17 bits per heavy atom.